The van der Waals surface area contributed by atoms with Crippen LogP contribution in [0, 0.1) is 0 Å². The largest absolute Gasteiger partial charge is 0.0573 e. The number of halogens is 2. The maximum absolute atomic E-state index is 3.55. The van der Waals surface area contributed by atoms with E-state index in [4.69, 9.17) is 0 Å². The van der Waals surface area contributed by atoms with E-state index in [2.05, 4.69) is 68.3 Å². The molecule has 0 N–H and O–H groups in total. The van der Waals surface area contributed by atoms with Crippen LogP contribution in [0.1, 0.15) is 11.1 Å². The zero-order valence-corrected chi connectivity index (χ0v) is 11.8. The van der Waals surface area contributed by atoms with Crippen molar-refractivity contribution in [2.24, 2.45) is 0 Å². The molecular weight excluding hydrogens is 328 g/mol. The first kappa shape index (κ1) is 10.5. The van der Waals surface area contributed by atoms with Gasteiger partial charge in [0.15, 0.2) is 0 Å². The van der Waals surface area contributed by atoms with Crippen LogP contribution < -0.4 is 0 Å². The predicted molar refractivity (Wildman–Crippen MR) is 74.7 cm³/mol. The number of benzene rings is 2. The van der Waals surface area contributed by atoms with Crippen LogP contribution in [0.3, 0.4) is 0 Å². The van der Waals surface area contributed by atoms with Crippen LogP contribution in [-0.2, 0) is 12.8 Å². The molecular formula is C14H10Br2. The minimum atomic E-state index is 1.14. The molecule has 2 aromatic rings. The maximum Gasteiger partial charge on any atom is 0.0181 e. The Kier molecular flexibility index (Phi) is 2.64. The second kappa shape index (κ2) is 4.01. The van der Waals surface area contributed by atoms with Gasteiger partial charge in [-0.3, -0.25) is 0 Å². The van der Waals surface area contributed by atoms with Gasteiger partial charge in [-0.1, -0.05) is 44.0 Å². The molecule has 80 valence electrons. The normalized spacial score (nSPS) is 13.1. The summed E-state index contributed by atoms with van der Waals surface area (Å²) in [5.41, 5.74) is 5.66. The number of fused-ring (bicyclic) bond motifs is 3. The summed E-state index contributed by atoms with van der Waals surface area (Å²) in [5.74, 6) is 0. The minimum Gasteiger partial charge on any atom is -0.0573 e. The van der Waals surface area contributed by atoms with Gasteiger partial charge in [0.1, 0.15) is 0 Å². The molecule has 0 saturated heterocycles. The molecule has 0 aliphatic heterocycles. The predicted octanol–water partition coefficient (Wildman–Crippen LogP) is 4.98. The fraction of sp³-hybridized carbons (Fsp3) is 0.143. The summed E-state index contributed by atoms with van der Waals surface area (Å²) in [5, 5.41) is 0. The minimum absolute atomic E-state index is 1.14. The Morgan fingerprint density at radius 3 is 2.25 bits per heavy atom. The molecule has 0 heterocycles. The van der Waals surface area contributed by atoms with Crippen molar-refractivity contribution in [2.75, 3.05) is 0 Å². The quantitative estimate of drug-likeness (QED) is 0.636. The van der Waals surface area contributed by atoms with E-state index in [1.54, 1.807) is 0 Å². The van der Waals surface area contributed by atoms with E-state index in [1.165, 1.54) is 26.7 Å². The lowest BCUT2D eigenvalue weighted by Crippen LogP contribution is -2.03. The first-order valence-electron chi connectivity index (χ1n) is 5.31. The van der Waals surface area contributed by atoms with Gasteiger partial charge in [-0.15, -0.1) is 0 Å². The average Bonchev–Trinajstić information content (AvgIpc) is 2.28. The molecule has 0 nitrogen and oxygen atoms in total. The summed E-state index contributed by atoms with van der Waals surface area (Å²) in [4.78, 5) is 0. The number of aryl methyl sites for hydroxylation is 2. The first-order valence-corrected chi connectivity index (χ1v) is 6.90. The molecule has 0 unspecified atom stereocenters. The van der Waals surface area contributed by atoms with Crippen molar-refractivity contribution < 1.29 is 0 Å². The van der Waals surface area contributed by atoms with Crippen LogP contribution in [0.2, 0.25) is 0 Å². The van der Waals surface area contributed by atoms with Gasteiger partial charge in [-0.05, 0) is 59.4 Å². The third kappa shape index (κ3) is 1.74. The van der Waals surface area contributed by atoms with E-state index in [0.29, 0.717) is 0 Å². The van der Waals surface area contributed by atoms with Crippen molar-refractivity contribution in [2.45, 2.75) is 12.8 Å². The van der Waals surface area contributed by atoms with E-state index >= 15 is 0 Å². The van der Waals surface area contributed by atoms with Gasteiger partial charge in [-0.25, -0.2) is 0 Å². The molecule has 16 heavy (non-hydrogen) atoms. The van der Waals surface area contributed by atoms with Gasteiger partial charge in [0, 0.05) is 8.95 Å². The van der Waals surface area contributed by atoms with E-state index in [0.717, 1.165) is 17.3 Å². The zero-order valence-electron chi connectivity index (χ0n) is 8.63. The molecule has 0 spiro atoms. The molecule has 0 saturated carbocycles. The summed E-state index contributed by atoms with van der Waals surface area (Å²) < 4.78 is 2.33. The molecule has 0 amide bonds. The molecule has 0 bridgehead atoms. The Balaban J connectivity index is 2.25. The van der Waals surface area contributed by atoms with Crippen molar-refractivity contribution in [3.05, 3.63) is 56.5 Å². The molecule has 0 radical (unpaired) electrons. The molecule has 0 aromatic heterocycles. The topological polar surface area (TPSA) is 0 Å². The molecule has 1 aliphatic rings. The lowest BCUT2D eigenvalue weighted by molar-refractivity contribution is 0.940. The fourth-order valence-corrected chi connectivity index (χ4v) is 3.09. The summed E-state index contributed by atoms with van der Waals surface area (Å²) in [6.45, 7) is 0. The van der Waals surface area contributed by atoms with Crippen LogP contribution in [-0.4, -0.2) is 0 Å². The van der Waals surface area contributed by atoms with Crippen LogP contribution >= 0.6 is 31.9 Å². The van der Waals surface area contributed by atoms with Crippen molar-refractivity contribution in [3.63, 3.8) is 0 Å². The smallest absolute Gasteiger partial charge is 0.0181 e. The molecule has 2 aromatic carbocycles. The summed E-state index contributed by atoms with van der Waals surface area (Å²) in [7, 11) is 0. The summed E-state index contributed by atoms with van der Waals surface area (Å²) in [6.07, 6.45) is 2.29. The Morgan fingerprint density at radius 2 is 1.38 bits per heavy atom. The molecule has 2 heteroatoms. The highest BCUT2D eigenvalue weighted by atomic mass is 79.9. The lowest BCUT2D eigenvalue weighted by atomic mass is 9.86. The number of hydrogen-bond acceptors (Lipinski definition) is 0. The summed E-state index contributed by atoms with van der Waals surface area (Å²) in [6, 6.07) is 13.1. The standard InChI is InChI=1S/C14H10Br2/c15-11-5-6-13-10(7-11)2-1-9-3-4-12(16)8-14(9)13/h3-8H,1-2H2. The van der Waals surface area contributed by atoms with E-state index < -0.39 is 0 Å². The summed E-state index contributed by atoms with van der Waals surface area (Å²) >= 11 is 7.08. The van der Waals surface area contributed by atoms with Crippen LogP contribution in [0.15, 0.2) is 45.3 Å². The van der Waals surface area contributed by atoms with Crippen molar-refractivity contribution >= 4 is 31.9 Å². The zero-order chi connectivity index (χ0) is 11.1. The van der Waals surface area contributed by atoms with E-state index in [-0.39, 0.29) is 0 Å². The highest BCUT2D eigenvalue weighted by Gasteiger charge is 2.15. The molecule has 1 aliphatic carbocycles. The lowest BCUT2D eigenvalue weighted by Gasteiger charge is -2.20. The number of hydrogen-bond donors (Lipinski definition) is 0. The van der Waals surface area contributed by atoms with Crippen LogP contribution in [0.4, 0.5) is 0 Å². The highest BCUT2D eigenvalue weighted by Crippen LogP contribution is 2.36. The third-order valence-corrected chi connectivity index (χ3v) is 4.08. The fourth-order valence-electron chi connectivity index (χ4n) is 2.32. The maximum atomic E-state index is 3.55. The Hall–Kier alpha value is -0.600. The third-order valence-electron chi connectivity index (χ3n) is 3.09. The van der Waals surface area contributed by atoms with Gasteiger partial charge in [0.05, 0.1) is 0 Å². The van der Waals surface area contributed by atoms with E-state index in [1.807, 2.05) is 0 Å². The Morgan fingerprint density at radius 1 is 0.688 bits per heavy atom. The second-order valence-electron chi connectivity index (χ2n) is 4.10. The van der Waals surface area contributed by atoms with Crippen LogP contribution in [0.25, 0.3) is 11.1 Å². The van der Waals surface area contributed by atoms with Crippen molar-refractivity contribution in [3.8, 4) is 11.1 Å². The van der Waals surface area contributed by atoms with Crippen LogP contribution in [0.5, 0.6) is 0 Å². The number of rotatable bonds is 0. The van der Waals surface area contributed by atoms with Crippen molar-refractivity contribution in [1.82, 2.24) is 0 Å². The Bertz CT molecular complexity index is 559. The SMILES string of the molecule is Brc1ccc2c(c1)CCc1ccc(Br)cc1-2. The Labute approximate surface area is 112 Å². The van der Waals surface area contributed by atoms with Gasteiger partial charge in [0.2, 0.25) is 0 Å². The van der Waals surface area contributed by atoms with Gasteiger partial charge in [-0.2, -0.15) is 0 Å². The monoisotopic (exact) mass is 336 g/mol. The van der Waals surface area contributed by atoms with Gasteiger partial charge >= 0.3 is 0 Å². The molecule has 0 atom stereocenters. The average molecular weight is 338 g/mol. The second-order valence-corrected chi connectivity index (χ2v) is 5.93. The van der Waals surface area contributed by atoms with Crippen molar-refractivity contribution in [1.29, 1.82) is 0 Å². The van der Waals surface area contributed by atoms with E-state index in [9.17, 15) is 0 Å². The van der Waals surface area contributed by atoms with Gasteiger partial charge in [0.25, 0.3) is 0 Å². The molecule has 3 rings (SSSR count). The first-order chi connectivity index (χ1) is 7.74. The van der Waals surface area contributed by atoms with Gasteiger partial charge < -0.3 is 0 Å². The highest BCUT2D eigenvalue weighted by molar-refractivity contribution is 9.10. The molecule has 0 fully saturated rings.